The van der Waals surface area contributed by atoms with Crippen LogP contribution in [-0.4, -0.2) is 47.2 Å². The Bertz CT molecular complexity index is 1010. The molecule has 2 aromatic rings. The Hall–Kier alpha value is -2.43. The van der Waals surface area contributed by atoms with E-state index in [1.165, 1.54) is 6.07 Å². The highest BCUT2D eigenvalue weighted by Crippen LogP contribution is 2.32. The van der Waals surface area contributed by atoms with Crippen molar-refractivity contribution in [3.8, 4) is 0 Å². The third-order valence-corrected chi connectivity index (χ3v) is 6.04. The molecule has 0 saturated heterocycles. The first-order valence-corrected chi connectivity index (χ1v) is 12.0. The molecule has 1 aliphatic rings. The molecule has 2 heterocycles. The second-order valence-electron chi connectivity index (χ2n) is 8.99. The number of carbonyl (C=O) groups excluding carboxylic acids is 1. The highest BCUT2D eigenvalue weighted by molar-refractivity contribution is 5.96. The van der Waals surface area contributed by atoms with Gasteiger partial charge in [-0.05, 0) is 56.2 Å². The van der Waals surface area contributed by atoms with Crippen molar-refractivity contribution in [2.24, 2.45) is 5.92 Å². The lowest BCUT2D eigenvalue weighted by Crippen LogP contribution is -2.27. The topological polar surface area (TPSA) is 85.6 Å². The van der Waals surface area contributed by atoms with Gasteiger partial charge in [-0.25, -0.2) is 0 Å². The van der Waals surface area contributed by atoms with Crippen LogP contribution in [0.3, 0.4) is 0 Å². The van der Waals surface area contributed by atoms with E-state index >= 15 is 0 Å². The predicted molar refractivity (Wildman–Crippen MR) is 124 cm³/mol. The van der Waals surface area contributed by atoms with Gasteiger partial charge in [-0.15, -0.1) is 0 Å². The highest BCUT2D eigenvalue weighted by atomic mass is 19.4. The van der Waals surface area contributed by atoms with Gasteiger partial charge in [0.2, 0.25) is 0 Å². The van der Waals surface area contributed by atoms with Crippen molar-refractivity contribution in [2.75, 3.05) is 26.4 Å². The van der Waals surface area contributed by atoms with Crippen LogP contribution in [0.4, 0.5) is 13.2 Å². The van der Waals surface area contributed by atoms with Gasteiger partial charge < -0.3 is 19.9 Å². The maximum absolute atomic E-state index is 13.1. The van der Waals surface area contributed by atoms with E-state index in [1.807, 2.05) is 18.5 Å². The summed E-state index contributed by atoms with van der Waals surface area (Å²) in [4.78, 5) is 12.9. The number of ether oxygens (including phenoxy) is 2. The van der Waals surface area contributed by atoms with E-state index in [0.717, 1.165) is 36.4 Å². The largest absolute Gasteiger partial charge is 0.416 e. The molecule has 0 aliphatic carbocycles. The van der Waals surface area contributed by atoms with Crippen LogP contribution in [0, 0.1) is 12.8 Å². The minimum atomic E-state index is -4.50. The number of alkyl halides is 3. The fourth-order valence-electron chi connectivity index (χ4n) is 4.15. The van der Waals surface area contributed by atoms with Crippen LogP contribution in [0.1, 0.15) is 71.4 Å². The first kappa shape index (κ1) is 27.2. The van der Waals surface area contributed by atoms with E-state index in [9.17, 15) is 23.1 Å². The smallest absolute Gasteiger partial charge is 0.381 e. The molecule has 2 N–H and O–H groups in total. The molecule has 1 aromatic carbocycles. The Balaban J connectivity index is 1.72. The molecule has 1 aliphatic heterocycles. The van der Waals surface area contributed by atoms with Gasteiger partial charge in [-0.3, -0.25) is 9.48 Å². The molecule has 10 heteroatoms. The summed E-state index contributed by atoms with van der Waals surface area (Å²) in [7, 11) is 0. The van der Waals surface area contributed by atoms with Crippen LogP contribution in [-0.2, 0) is 35.0 Å². The Labute approximate surface area is 203 Å². The summed E-state index contributed by atoms with van der Waals surface area (Å²) in [6, 6.07) is 3.23. The number of aliphatic hydroxyl groups is 1. The molecule has 0 radical (unpaired) electrons. The standard InChI is InChI=1S/C25H34F3N3O4/c1-4-20-22-21(7-5-11-34-12-6-10-29-23(22)32)31(30-20)14-16(2)15-35-24(33)19-13-18(25(26,27)28)9-8-17(19)3/h8-9,13,16,24,33H,4-7,10-12,14-15H2,1-3H3,(H,29,32)/t16-,24?/m1/s1. The number of benzene rings is 1. The molecule has 0 saturated carbocycles. The summed E-state index contributed by atoms with van der Waals surface area (Å²) in [6.07, 6.45) is -3.24. The number of hydrogen-bond acceptors (Lipinski definition) is 5. The molecule has 7 nitrogen and oxygen atoms in total. The van der Waals surface area contributed by atoms with Gasteiger partial charge in [0.05, 0.1) is 29.1 Å². The van der Waals surface area contributed by atoms with Crippen LogP contribution >= 0.6 is 0 Å². The van der Waals surface area contributed by atoms with E-state index in [-0.39, 0.29) is 24.0 Å². The molecule has 0 bridgehead atoms. The highest BCUT2D eigenvalue weighted by Gasteiger charge is 2.31. The molecule has 2 atom stereocenters. The zero-order valence-corrected chi connectivity index (χ0v) is 20.5. The summed E-state index contributed by atoms with van der Waals surface area (Å²) < 4.78 is 52.2. The van der Waals surface area contributed by atoms with Crippen molar-refractivity contribution < 1.29 is 32.5 Å². The van der Waals surface area contributed by atoms with Crippen molar-refractivity contribution in [3.05, 3.63) is 51.8 Å². The summed E-state index contributed by atoms with van der Waals surface area (Å²) >= 11 is 0. The van der Waals surface area contributed by atoms with Crippen molar-refractivity contribution in [3.63, 3.8) is 0 Å². The molecular formula is C25H34F3N3O4. The first-order chi connectivity index (χ1) is 16.6. The minimum absolute atomic E-state index is 0.0875. The number of halogens is 3. The van der Waals surface area contributed by atoms with Crippen LogP contribution in [0.25, 0.3) is 0 Å². The van der Waals surface area contributed by atoms with Gasteiger partial charge in [0, 0.05) is 31.9 Å². The number of hydrogen-bond donors (Lipinski definition) is 2. The third kappa shape index (κ3) is 7.05. The summed E-state index contributed by atoms with van der Waals surface area (Å²) in [5, 5.41) is 18.1. The number of aromatic nitrogens is 2. The molecule has 1 amide bonds. The van der Waals surface area contributed by atoms with E-state index in [4.69, 9.17) is 9.47 Å². The lowest BCUT2D eigenvalue weighted by molar-refractivity contribution is -0.138. The predicted octanol–water partition coefficient (Wildman–Crippen LogP) is 4.20. The molecule has 3 rings (SSSR count). The average Bonchev–Trinajstić information content (AvgIpc) is 3.13. The second-order valence-corrected chi connectivity index (χ2v) is 8.99. The van der Waals surface area contributed by atoms with E-state index in [1.54, 1.807) is 6.92 Å². The van der Waals surface area contributed by atoms with E-state index in [2.05, 4.69) is 10.4 Å². The summed E-state index contributed by atoms with van der Waals surface area (Å²) in [5.41, 5.74) is 1.94. The molecule has 0 fully saturated rings. The SMILES string of the molecule is CCc1nn(C[C@@H](C)COC(O)c2cc(C(F)(F)F)ccc2C)c2c1C(=O)NCCCOCCC2. The lowest BCUT2D eigenvalue weighted by Gasteiger charge is -2.20. The number of amides is 1. The molecular weight excluding hydrogens is 463 g/mol. The number of fused-ring (bicyclic) bond motifs is 1. The zero-order valence-electron chi connectivity index (χ0n) is 20.5. The fourth-order valence-corrected chi connectivity index (χ4v) is 4.15. The Morgan fingerprint density at radius 2 is 2.03 bits per heavy atom. The normalized spacial score (nSPS) is 17.3. The van der Waals surface area contributed by atoms with Gasteiger partial charge in [0.25, 0.3) is 5.91 Å². The monoisotopic (exact) mass is 497 g/mol. The first-order valence-electron chi connectivity index (χ1n) is 12.0. The second kappa shape index (κ2) is 12.0. The van der Waals surface area contributed by atoms with E-state index in [0.29, 0.717) is 50.3 Å². The maximum atomic E-state index is 13.1. The summed E-state index contributed by atoms with van der Waals surface area (Å²) in [6.45, 7) is 7.75. The van der Waals surface area contributed by atoms with Crippen molar-refractivity contribution in [2.45, 2.75) is 65.5 Å². The quantitative estimate of drug-likeness (QED) is 0.560. The van der Waals surface area contributed by atoms with Crippen LogP contribution < -0.4 is 5.32 Å². The van der Waals surface area contributed by atoms with Crippen LogP contribution in [0.5, 0.6) is 0 Å². The molecule has 1 unspecified atom stereocenters. The third-order valence-electron chi connectivity index (χ3n) is 6.04. The minimum Gasteiger partial charge on any atom is -0.381 e. The van der Waals surface area contributed by atoms with Gasteiger partial charge in [-0.1, -0.05) is 19.9 Å². The molecule has 0 spiro atoms. The Morgan fingerprint density at radius 1 is 1.29 bits per heavy atom. The fraction of sp³-hybridized carbons (Fsp3) is 0.600. The molecule has 194 valence electrons. The van der Waals surface area contributed by atoms with Crippen molar-refractivity contribution in [1.82, 2.24) is 15.1 Å². The number of carbonyl (C=O) groups is 1. The van der Waals surface area contributed by atoms with Gasteiger partial charge in [-0.2, -0.15) is 18.3 Å². The number of rotatable bonds is 7. The number of aliphatic hydroxyl groups excluding tert-OH is 1. The zero-order chi connectivity index (χ0) is 25.6. The maximum Gasteiger partial charge on any atom is 0.416 e. The average molecular weight is 498 g/mol. The van der Waals surface area contributed by atoms with E-state index < -0.39 is 18.0 Å². The Morgan fingerprint density at radius 3 is 2.74 bits per heavy atom. The molecule has 1 aromatic heterocycles. The van der Waals surface area contributed by atoms with Crippen molar-refractivity contribution >= 4 is 5.91 Å². The van der Waals surface area contributed by atoms with Gasteiger partial charge in [0.1, 0.15) is 0 Å². The number of nitrogens with one attached hydrogen (secondary N) is 1. The number of nitrogens with zero attached hydrogens (tertiary/aromatic N) is 2. The summed E-state index contributed by atoms with van der Waals surface area (Å²) in [5.74, 6) is -0.258. The van der Waals surface area contributed by atoms with Crippen LogP contribution in [0.15, 0.2) is 18.2 Å². The van der Waals surface area contributed by atoms with Crippen LogP contribution in [0.2, 0.25) is 0 Å². The van der Waals surface area contributed by atoms with Gasteiger partial charge in [0.15, 0.2) is 6.29 Å². The van der Waals surface area contributed by atoms with Gasteiger partial charge >= 0.3 is 6.18 Å². The Kier molecular flexibility index (Phi) is 9.32. The lowest BCUT2D eigenvalue weighted by atomic mass is 10.0. The number of aryl methyl sites for hydroxylation is 2. The molecule has 35 heavy (non-hydrogen) atoms. The van der Waals surface area contributed by atoms with Crippen molar-refractivity contribution in [1.29, 1.82) is 0 Å².